The number of carbonyl (C=O) groups is 1. The van der Waals surface area contributed by atoms with Gasteiger partial charge >= 0.3 is 5.97 Å². The lowest BCUT2D eigenvalue weighted by Gasteiger charge is -2.34. The molecule has 0 radical (unpaired) electrons. The van der Waals surface area contributed by atoms with E-state index >= 15 is 0 Å². The average Bonchev–Trinajstić information content (AvgIpc) is 2.29. The van der Waals surface area contributed by atoms with Crippen LogP contribution in [0.25, 0.3) is 0 Å². The lowest BCUT2D eigenvalue weighted by molar-refractivity contribution is -0.145. The van der Waals surface area contributed by atoms with E-state index in [4.69, 9.17) is 11.6 Å². The van der Waals surface area contributed by atoms with Gasteiger partial charge in [-0.05, 0) is 30.5 Å². The quantitative estimate of drug-likeness (QED) is 0.878. The van der Waals surface area contributed by atoms with E-state index < -0.39 is 11.4 Å². The molecule has 4 heteroatoms. The molecule has 1 fully saturated rings. The Hall–Kier alpha value is -0.540. The number of halogens is 2. The Bertz CT molecular complexity index is 439. The summed E-state index contributed by atoms with van der Waals surface area (Å²) in [5, 5.41) is 10.2. The summed E-state index contributed by atoms with van der Waals surface area (Å²) >= 11 is 9.34. The number of benzene rings is 1. The number of hydrogen-bond acceptors (Lipinski definition) is 1. The Morgan fingerprint density at radius 3 is 2.47 bits per heavy atom. The third-order valence-electron chi connectivity index (χ3n) is 3.56. The first-order chi connectivity index (χ1) is 8.06. The predicted octanol–water partition coefficient (Wildman–Crippen LogP) is 4.39. The summed E-state index contributed by atoms with van der Waals surface area (Å²) in [6, 6.07) is 5.38. The summed E-state index contributed by atoms with van der Waals surface area (Å²) in [4.78, 5) is 11.7. The first-order valence-corrected chi connectivity index (χ1v) is 6.92. The van der Waals surface area contributed by atoms with E-state index in [1.165, 1.54) is 0 Å². The van der Waals surface area contributed by atoms with Crippen LogP contribution in [0.3, 0.4) is 0 Å². The highest BCUT2D eigenvalue weighted by atomic mass is 79.9. The van der Waals surface area contributed by atoms with Crippen molar-refractivity contribution >= 4 is 33.5 Å². The lowest BCUT2D eigenvalue weighted by atomic mass is 9.69. The number of carboxylic acids is 1. The summed E-state index contributed by atoms with van der Waals surface area (Å²) in [5.41, 5.74) is 0.121. The van der Waals surface area contributed by atoms with Crippen LogP contribution in [0.2, 0.25) is 5.02 Å². The van der Waals surface area contributed by atoms with E-state index in [1.807, 2.05) is 6.07 Å². The third kappa shape index (κ3) is 2.36. The second kappa shape index (κ2) is 4.99. The van der Waals surface area contributed by atoms with Crippen LogP contribution in [0.15, 0.2) is 22.7 Å². The zero-order valence-electron chi connectivity index (χ0n) is 9.38. The van der Waals surface area contributed by atoms with Gasteiger partial charge in [0.2, 0.25) is 0 Å². The highest BCUT2D eigenvalue weighted by Gasteiger charge is 2.42. The smallest absolute Gasteiger partial charge is 0.314 e. The molecule has 0 unspecified atom stereocenters. The van der Waals surface area contributed by atoms with Gasteiger partial charge in [0, 0.05) is 9.50 Å². The highest BCUT2D eigenvalue weighted by Crippen LogP contribution is 2.43. The van der Waals surface area contributed by atoms with E-state index in [9.17, 15) is 9.90 Å². The van der Waals surface area contributed by atoms with Crippen LogP contribution >= 0.6 is 27.5 Å². The van der Waals surface area contributed by atoms with Crippen LogP contribution in [0.5, 0.6) is 0 Å². The number of carboxylic acid groups (broad SMARTS) is 1. The molecule has 17 heavy (non-hydrogen) atoms. The molecule has 1 aromatic carbocycles. The maximum absolute atomic E-state index is 11.7. The molecule has 0 bridgehead atoms. The molecule has 0 aromatic heterocycles. The zero-order valence-corrected chi connectivity index (χ0v) is 11.7. The summed E-state index contributed by atoms with van der Waals surface area (Å²) in [7, 11) is 0. The molecule has 1 saturated carbocycles. The summed E-state index contributed by atoms with van der Waals surface area (Å²) in [5.74, 6) is -0.722. The second-order valence-corrected chi connectivity index (χ2v) is 5.86. The molecule has 92 valence electrons. The van der Waals surface area contributed by atoms with Crippen molar-refractivity contribution < 1.29 is 9.90 Å². The van der Waals surface area contributed by atoms with Crippen molar-refractivity contribution in [3.05, 3.63) is 33.3 Å². The maximum Gasteiger partial charge on any atom is 0.314 e. The molecule has 1 N–H and O–H groups in total. The van der Waals surface area contributed by atoms with Gasteiger partial charge in [0.05, 0.1) is 5.41 Å². The number of rotatable bonds is 2. The summed E-state index contributed by atoms with van der Waals surface area (Å²) < 4.78 is 0.800. The van der Waals surface area contributed by atoms with Crippen LogP contribution in [0, 0.1) is 0 Å². The molecule has 0 atom stereocenters. The Labute approximate surface area is 114 Å². The monoisotopic (exact) mass is 316 g/mol. The first-order valence-electron chi connectivity index (χ1n) is 5.75. The van der Waals surface area contributed by atoms with Crippen molar-refractivity contribution in [2.75, 3.05) is 0 Å². The minimum absolute atomic E-state index is 0.622. The van der Waals surface area contributed by atoms with Gasteiger partial charge < -0.3 is 5.11 Å². The van der Waals surface area contributed by atoms with Gasteiger partial charge in [-0.1, -0.05) is 52.9 Å². The van der Waals surface area contributed by atoms with Gasteiger partial charge in [0.25, 0.3) is 0 Å². The van der Waals surface area contributed by atoms with E-state index in [2.05, 4.69) is 15.9 Å². The fourth-order valence-corrected chi connectivity index (χ4v) is 3.69. The molecule has 1 aliphatic rings. The minimum atomic E-state index is -0.734. The summed E-state index contributed by atoms with van der Waals surface area (Å²) in [6.45, 7) is 0. The van der Waals surface area contributed by atoms with Crippen molar-refractivity contribution in [3.8, 4) is 0 Å². The Kier molecular flexibility index (Phi) is 3.79. The highest BCUT2D eigenvalue weighted by molar-refractivity contribution is 9.10. The molecular formula is C13H14BrClO2. The largest absolute Gasteiger partial charge is 0.481 e. The van der Waals surface area contributed by atoms with Crippen molar-refractivity contribution in [1.29, 1.82) is 0 Å². The molecule has 0 amide bonds. The molecule has 2 rings (SSSR count). The molecule has 0 spiro atoms. The molecule has 1 aliphatic carbocycles. The van der Waals surface area contributed by atoms with Gasteiger partial charge in [-0.15, -0.1) is 0 Å². The van der Waals surface area contributed by atoms with Gasteiger partial charge in [-0.2, -0.15) is 0 Å². The molecule has 0 heterocycles. The maximum atomic E-state index is 11.7. The molecule has 0 aliphatic heterocycles. The number of hydrogen-bond donors (Lipinski definition) is 1. The van der Waals surface area contributed by atoms with E-state index in [-0.39, 0.29) is 0 Å². The second-order valence-electron chi connectivity index (χ2n) is 4.57. The SMILES string of the molecule is O=C(O)C1(c2ccc(Cl)cc2Br)CCCCC1. The van der Waals surface area contributed by atoms with Gasteiger partial charge in [0.1, 0.15) is 0 Å². The van der Waals surface area contributed by atoms with Gasteiger partial charge in [-0.25, -0.2) is 0 Å². The molecule has 2 nitrogen and oxygen atoms in total. The fourth-order valence-electron chi connectivity index (χ4n) is 2.63. The zero-order chi connectivity index (χ0) is 12.5. The van der Waals surface area contributed by atoms with Crippen LogP contribution < -0.4 is 0 Å². The Morgan fingerprint density at radius 2 is 1.94 bits per heavy atom. The van der Waals surface area contributed by atoms with Crippen LogP contribution in [-0.4, -0.2) is 11.1 Å². The summed E-state index contributed by atoms with van der Waals surface area (Å²) in [6.07, 6.45) is 4.49. The fraction of sp³-hybridized carbons (Fsp3) is 0.462. The lowest BCUT2D eigenvalue weighted by Crippen LogP contribution is -2.38. The molecular weight excluding hydrogens is 303 g/mol. The standard InChI is InChI=1S/C13H14BrClO2/c14-11-8-9(15)4-5-10(11)13(12(16)17)6-2-1-3-7-13/h4-5,8H,1-3,6-7H2,(H,16,17). The van der Waals surface area contributed by atoms with Crippen LogP contribution in [0.1, 0.15) is 37.7 Å². The topological polar surface area (TPSA) is 37.3 Å². The van der Waals surface area contributed by atoms with Gasteiger partial charge in [-0.3, -0.25) is 4.79 Å². The molecule has 1 aromatic rings. The normalized spacial score (nSPS) is 18.9. The van der Waals surface area contributed by atoms with Crippen molar-refractivity contribution in [2.45, 2.75) is 37.5 Å². The molecule has 0 saturated heterocycles. The van der Waals surface area contributed by atoms with E-state index in [0.717, 1.165) is 29.3 Å². The van der Waals surface area contributed by atoms with E-state index in [1.54, 1.807) is 12.1 Å². The minimum Gasteiger partial charge on any atom is -0.481 e. The Morgan fingerprint density at radius 1 is 1.29 bits per heavy atom. The predicted molar refractivity (Wildman–Crippen MR) is 71.6 cm³/mol. The van der Waals surface area contributed by atoms with Crippen molar-refractivity contribution in [3.63, 3.8) is 0 Å². The van der Waals surface area contributed by atoms with Crippen molar-refractivity contribution in [2.24, 2.45) is 0 Å². The van der Waals surface area contributed by atoms with Gasteiger partial charge in [0.15, 0.2) is 0 Å². The third-order valence-corrected chi connectivity index (χ3v) is 4.45. The van der Waals surface area contributed by atoms with Crippen LogP contribution in [0.4, 0.5) is 0 Å². The number of aliphatic carboxylic acids is 1. The first kappa shape index (κ1) is 12.9. The van der Waals surface area contributed by atoms with Crippen LogP contribution in [-0.2, 0) is 10.2 Å². The Balaban J connectivity index is 2.49. The van der Waals surface area contributed by atoms with Crippen molar-refractivity contribution in [1.82, 2.24) is 0 Å². The van der Waals surface area contributed by atoms with E-state index in [0.29, 0.717) is 17.9 Å². The average molecular weight is 318 g/mol.